The van der Waals surface area contributed by atoms with E-state index in [0.29, 0.717) is 31.1 Å². The fourth-order valence-electron chi connectivity index (χ4n) is 2.71. The number of thiazole rings is 1. The summed E-state index contributed by atoms with van der Waals surface area (Å²) < 4.78 is 11.5. The third-order valence-electron chi connectivity index (χ3n) is 4.33. The Bertz CT molecular complexity index is 954. The van der Waals surface area contributed by atoms with E-state index in [1.165, 1.54) is 0 Å². The minimum absolute atomic E-state index is 0.129. The Kier molecular flexibility index (Phi) is 7.82. The first-order valence-corrected chi connectivity index (χ1v) is 10.7. The third-order valence-corrected chi connectivity index (χ3v) is 5.15. The predicted molar refractivity (Wildman–Crippen MR) is 119 cm³/mol. The van der Waals surface area contributed by atoms with Crippen molar-refractivity contribution in [3.8, 4) is 11.5 Å². The van der Waals surface area contributed by atoms with Crippen molar-refractivity contribution in [3.63, 3.8) is 0 Å². The van der Waals surface area contributed by atoms with Gasteiger partial charge in [-0.3, -0.25) is 4.79 Å². The first kappa shape index (κ1) is 21.8. The number of hydrogen-bond donors (Lipinski definition) is 1. The number of carbonyl (C=O) groups excluding carboxylic acids is 1. The van der Waals surface area contributed by atoms with E-state index in [-0.39, 0.29) is 5.91 Å². The van der Waals surface area contributed by atoms with E-state index in [1.807, 2.05) is 50.7 Å². The average Bonchev–Trinajstić information content (AvgIpc) is 3.16. The fraction of sp³-hybridized carbons (Fsp3) is 0.304. The summed E-state index contributed by atoms with van der Waals surface area (Å²) in [5, 5.41) is 5.95. The van der Waals surface area contributed by atoms with E-state index >= 15 is 0 Å². The molecule has 3 rings (SSSR count). The van der Waals surface area contributed by atoms with Crippen LogP contribution in [0.2, 0.25) is 0 Å². The molecule has 0 aliphatic rings. The molecule has 2 aromatic carbocycles. The molecule has 0 radical (unpaired) electrons. The molecule has 0 fully saturated rings. The number of nitrogens with zero attached hydrogens (tertiary/aromatic N) is 2. The van der Waals surface area contributed by atoms with Crippen molar-refractivity contribution < 1.29 is 14.3 Å². The third kappa shape index (κ3) is 6.86. The molecule has 6 nitrogen and oxygen atoms in total. The van der Waals surface area contributed by atoms with E-state index in [9.17, 15) is 4.79 Å². The second-order valence-corrected chi connectivity index (χ2v) is 8.21. The van der Waals surface area contributed by atoms with Crippen LogP contribution in [0.5, 0.6) is 11.5 Å². The molecule has 158 valence electrons. The molecule has 30 heavy (non-hydrogen) atoms. The molecule has 0 bridgehead atoms. The van der Waals surface area contributed by atoms with Crippen LogP contribution in [0.25, 0.3) is 0 Å². The predicted octanol–water partition coefficient (Wildman–Crippen LogP) is 3.90. The van der Waals surface area contributed by atoms with Crippen molar-refractivity contribution in [1.82, 2.24) is 15.2 Å². The highest BCUT2D eigenvalue weighted by molar-refractivity contribution is 7.09. The molecule has 1 N–H and O–H groups in total. The Labute approximate surface area is 181 Å². The molecule has 3 aromatic rings. The van der Waals surface area contributed by atoms with Crippen molar-refractivity contribution in [2.24, 2.45) is 0 Å². The summed E-state index contributed by atoms with van der Waals surface area (Å²) in [4.78, 5) is 18.9. The second-order valence-electron chi connectivity index (χ2n) is 7.15. The highest BCUT2D eigenvalue weighted by Crippen LogP contribution is 2.16. The summed E-state index contributed by atoms with van der Waals surface area (Å²) in [7, 11) is 4.02. The first-order valence-electron chi connectivity index (χ1n) is 9.78. The van der Waals surface area contributed by atoms with Crippen LogP contribution in [-0.4, -0.2) is 43.0 Å². The summed E-state index contributed by atoms with van der Waals surface area (Å²) in [6.45, 7) is 4.30. The zero-order chi connectivity index (χ0) is 21.3. The molecule has 1 aromatic heterocycles. The maximum Gasteiger partial charge on any atom is 0.251 e. The van der Waals surface area contributed by atoms with Crippen LogP contribution in [0.15, 0.2) is 53.9 Å². The zero-order valence-corrected chi connectivity index (χ0v) is 18.4. The molecule has 7 heteroatoms. The second kappa shape index (κ2) is 10.8. The van der Waals surface area contributed by atoms with Crippen LogP contribution in [0.1, 0.15) is 26.6 Å². The first-order chi connectivity index (χ1) is 14.5. The normalized spacial score (nSPS) is 10.8. The van der Waals surface area contributed by atoms with Gasteiger partial charge < -0.3 is 19.7 Å². The maximum absolute atomic E-state index is 12.4. The van der Waals surface area contributed by atoms with Crippen LogP contribution in [0, 0.1) is 6.92 Å². The highest BCUT2D eigenvalue weighted by Gasteiger charge is 2.07. The lowest BCUT2D eigenvalue weighted by molar-refractivity contribution is 0.0951. The number of aryl methyl sites for hydroxylation is 1. The van der Waals surface area contributed by atoms with Gasteiger partial charge >= 0.3 is 0 Å². The van der Waals surface area contributed by atoms with Gasteiger partial charge in [-0.2, -0.15) is 0 Å². The van der Waals surface area contributed by atoms with Gasteiger partial charge in [-0.1, -0.05) is 12.1 Å². The smallest absolute Gasteiger partial charge is 0.251 e. The summed E-state index contributed by atoms with van der Waals surface area (Å²) in [5.74, 6) is 1.38. The van der Waals surface area contributed by atoms with Crippen LogP contribution < -0.4 is 14.8 Å². The van der Waals surface area contributed by atoms with Crippen LogP contribution in [-0.2, 0) is 13.2 Å². The number of nitrogens with one attached hydrogen (secondary N) is 1. The Morgan fingerprint density at radius 2 is 1.90 bits per heavy atom. The van der Waals surface area contributed by atoms with E-state index in [1.54, 1.807) is 35.6 Å². The molecule has 1 amide bonds. The lowest BCUT2D eigenvalue weighted by Gasteiger charge is -2.12. The molecule has 0 saturated carbocycles. The summed E-state index contributed by atoms with van der Waals surface area (Å²) >= 11 is 1.60. The van der Waals surface area contributed by atoms with Gasteiger partial charge in [0.1, 0.15) is 24.7 Å². The van der Waals surface area contributed by atoms with Crippen molar-refractivity contribution in [3.05, 3.63) is 75.7 Å². The SMILES string of the molecule is Cc1nc(COc2ccc(C(=O)NCc3cccc(OCCN(C)C)c3)cc2)cs1. The Balaban J connectivity index is 1.47. The standard InChI is InChI=1S/C23H27N3O3S/c1-17-25-20(16-30-17)15-29-21-9-7-19(8-10-21)23(27)24-14-18-5-4-6-22(13-18)28-12-11-26(2)3/h4-10,13,16H,11-12,14-15H2,1-3H3,(H,24,27). The van der Waals surface area contributed by atoms with Crippen molar-refractivity contribution in [2.75, 3.05) is 27.2 Å². The van der Waals surface area contributed by atoms with Crippen molar-refractivity contribution >= 4 is 17.2 Å². The molecular formula is C23H27N3O3S. The van der Waals surface area contributed by atoms with Crippen molar-refractivity contribution in [1.29, 1.82) is 0 Å². The van der Waals surface area contributed by atoms with Gasteiger partial charge in [0.25, 0.3) is 5.91 Å². The van der Waals surface area contributed by atoms with Gasteiger partial charge in [0, 0.05) is 24.0 Å². The van der Waals surface area contributed by atoms with E-state index < -0.39 is 0 Å². The number of ether oxygens (including phenoxy) is 2. The maximum atomic E-state index is 12.4. The number of amides is 1. The number of aromatic nitrogens is 1. The molecule has 0 aliphatic heterocycles. The largest absolute Gasteiger partial charge is 0.492 e. The molecule has 0 saturated heterocycles. The van der Waals surface area contributed by atoms with Gasteiger partial charge in [-0.25, -0.2) is 4.98 Å². The van der Waals surface area contributed by atoms with Gasteiger partial charge in [-0.15, -0.1) is 11.3 Å². The lowest BCUT2D eigenvalue weighted by atomic mass is 10.2. The number of likely N-dealkylation sites (N-methyl/N-ethyl adjacent to an activating group) is 1. The van der Waals surface area contributed by atoms with E-state index in [2.05, 4.69) is 15.2 Å². The van der Waals surface area contributed by atoms with E-state index in [0.717, 1.165) is 28.6 Å². The number of rotatable bonds is 10. The van der Waals surface area contributed by atoms with Crippen molar-refractivity contribution in [2.45, 2.75) is 20.1 Å². The number of carbonyl (C=O) groups is 1. The molecule has 0 unspecified atom stereocenters. The monoisotopic (exact) mass is 425 g/mol. The summed E-state index contributed by atoms with van der Waals surface area (Å²) in [6.07, 6.45) is 0. The number of benzene rings is 2. The Hall–Kier alpha value is -2.90. The Morgan fingerprint density at radius 1 is 1.10 bits per heavy atom. The number of hydrogen-bond acceptors (Lipinski definition) is 6. The fourth-order valence-corrected chi connectivity index (χ4v) is 3.31. The zero-order valence-electron chi connectivity index (χ0n) is 17.6. The van der Waals surface area contributed by atoms with Crippen LogP contribution >= 0.6 is 11.3 Å². The quantitative estimate of drug-likeness (QED) is 0.534. The van der Waals surface area contributed by atoms with E-state index in [4.69, 9.17) is 9.47 Å². The minimum atomic E-state index is -0.129. The minimum Gasteiger partial charge on any atom is -0.492 e. The van der Waals surface area contributed by atoms with Crippen LogP contribution in [0.3, 0.4) is 0 Å². The van der Waals surface area contributed by atoms with Gasteiger partial charge in [0.05, 0.1) is 10.7 Å². The molecule has 1 heterocycles. The van der Waals surface area contributed by atoms with Gasteiger partial charge in [0.2, 0.25) is 0 Å². The molecular weight excluding hydrogens is 398 g/mol. The highest BCUT2D eigenvalue weighted by atomic mass is 32.1. The molecule has 0 spiro atoms. The lowest BCUT2D eigenvalue weighted by Crippen LogP contribution is -2.22. The summed E-state index contributed by atoms with van der Waals surface area (Å²) in [5.41, 5.74) is 2.49. The van der Waals surface area contributed by atoms with Gasteiger partial charge in [0.15, 0.2) is 0 Å². The van der Waals surface area contributed by atoms with Gasteiger partial charge in [-0.05, 0) is 63.0 Å². The average molecular weight is 426 g/mol. The Morgan fingerprint density at radius 3 is 2.60 bits per heavy atom. The molecule has 0 aliphatic carbocycles. The van der Waals surface area contributed by atoms with Crippen LogP contribution in [0.4, 0.5) is 0 Å². The summed E-state index contributed by atoms with van der Waals surface area (Å²) in [6, 6.07) is 14.9. The molecule has 0 atom stereocenters. The topological polar surface area (TPSA) is 63.7 Å².